The van der Waals surface area contributed by atoms with Crippen LogP contribution in [0.4, 0.5) is 11.4 Å². The van der Waals surface area contributed by atoms with Gasteiger partial charge < -0.3 is 11.1 Å². The van der Waals surface area contributed by atoms with Gasteiger partial charge in [-0.1, -0.05) is 12.1 Å². The molecule has 0 radical (unpaired) electrons. The molecule has 2 rings (SSSR count). The molecule has 0 saturated carbocycles. The number of pyridine rings is 1. The van der Waals surface area contributed by atoms with Crippen molar-refractivity contribution in [1.29, 1.82) is 0 Å². The molecule has 1 aromatic carbocycles. The van der Waals surface area contributed by atoms with E-state index in [-0.39, 0.29) is 5.91 Å². The number of nitrogen functional groups attached to an aromatic ring is 1. The van der Waals surface area contributed by atoms with Gasteiger partial charge in [-0.05, 0) is 42.8 Å². The Morgan fingerprint density at radius 2 is 2.16 bits per heavy atom. The lowest BCUT2D eigenvalue weighted by molar-refractivity contribution is -0.111. The Hall–Kier alpha value is -2.62. The number of nitrogens with one attached hydrogen (secondary N) is 1. The first-order valence-electron chi connectivity index (χ1n) is 5.91. The number of aromatic nitrogens is 1. The van der Waals surface area contributed by atoms with Crippen molar-refractivity contribution in [3.8, 4) is 0 Å². The van der Waals surface area contributed by atoms with E-state index in [2.05, 4.69) is 10.3 Å². The minimum absolute atomic E-state index is 0.196. The van der Waals surface area contributed by atoms with Gasteiger partial charge in [-0.3, -0.25) is 9.78 Å². The van der Waals surface area contributed by atoms with Crippen LogP contribution in [0.25, 0.3) is 6.08 Å². The number of benzene rings is 1. The van der Waals surface area contributed by atoms with Crippen LogP contribution in [0.5, 0.6) is 0 Å². The molecule has 1 aromatic heterocycles. The van der Waals surface area contributed by atoms with Crippen molar-refractivity contribution in [2.75, 3.05) is 11.1 Å². The summed E-state index contributed by atoms with van der Waals surface area (Å²) < 4.78 is 0. The maximum absolute atomic E-state index is 11.8. The fourth-order valence-electron chi connectivity index (χ4n) is 1.63. The SMILES string of the molecule is Cc1ncccc1NC(=O)/C=C/c1cccc(N)c1. The molecular formula is C15H15N3O. The minimum atomic E-state index is -0.196. The fraction of sp³-hybridized carbons (Fsp3) is 0.0667. The summed E-state index contributed by atoms with van der Waals surface area (Å²) in [6, 6.07) is 10.9. The summed E-state index contributed by atoms with van der Waals surface area (Å²) in [5, 5.41) is 2.78. The largest absolute Gasteiger partial charge is 0.399 e. The van der Waals surface area contributed by atoms with Gasteiger partial charge in [-0.25, -0.2) is 0 Å². The van der Waals surface area contributed by atoms with Crippen molar-refractivity contribution in [3.63, 3.8) is 0 Å². The number of carbonyl (C=O) groups is 1. The molecule has 4 nitrogen and oxygen atoms in total. The third kappa shape index (κ3) is 3.67. The van der Waals surface area contributed by atoms with E-state index < -0.39 is 0 Å². The van der Waals surface area contributed by atoms with E-state index in [1.165, 1.54) is 6.08 Å². The average molecular weight is 253 g/mol. The summed E-state index contributed by atoms with van der Waals surface area (Å²) in [5.74, 6) is -0.196. The smallest absolute Gasteiger partial charge is 0.248 e. The summed E-state index contributed by atoms with van der Waals surface area (Å²) in [7, 11) is 0. The molecule has 0 unspecified atom stereocenters. The molecule has 0 aliphatic carbocycles. The van der Waals surface area contributed by atoms with Gasteiger partial charge in [-0.15, -0.1) is 0 Å². The quantitative estimate of drug-likeness (QED) is 0.652. The van der Waals surface area contributed by atoms with E-state index in [9.17, 15) is 4.79 Å². The Bertz CT molecular complexity index is 620. The summed E-state index contributed by atoms with van der Waals surface area (Å²) in [5.41, 5.74) is 8.72. The molecule has 96 valence electrons. The molecule has 0 aliphatic heterocycles. The van der Waals surface area contributed by atoms with Crippen LogP contribution in [-0.4, -0.2) is 10.9 Å². The van der Waals surface area contributed by atoms with Gasteiger partial charge in [0.1, 0.15) is 0 Å². The van der Waals surface area contributed by atoms with Crippen LogP contribution in [-0.2, 0) is 4.79 Å². The Morgan fingerprint density at radius 1 is 1.32 bits per heavy atom. The molecule has 0 saturated heterocycles. The maximum Gasteiger partial charge on any atom is 0.248 e. The summed E-state index contributed by atoms with van der Waals surface area (Å²) in [6.07, 6.45) is 4.88. The molecule has 0 spiro atoms. The van der Waals surface area contributed by atoms with Gasteiger partial charge in [0.05, 0.1) is 11.4 Å². The molecule has 3 N–H and O–H groups in total. The summed E-state index contributed by atoms with van der Waals surface area (Å²) >= 11 is 0. The Kier molecular flexibility index (Phi) is 3.93. The maximum atomic E-state index is 11.8. The molecule has 19 heavy (non-hydrogen) atoms. The van der Waals surface area contributed by atoms with E-state index >= 15 is 0 Å². The van der Waals surface area contributed by atoms with Crippen molar-refractivity contribution >= 4 is 23.4 Å². The van der Waals surface area contributed by atoms with E-state index in [1.54, 1.807) is 30.5 Å². The van der Waals surface area contributed by atoms with Crippen LogP contribution >= 0.6 is 0 Å². The molecule has 1 heterocycles. The third-order valence-corrected chi connectivity index (χ3v) is 2.60. The van der Waals surface area contributed by atoms with Gasteiger partial charge in [0.2, 0.25) is 5.91 Å². The molecule has 4 heteroatoms. The first kappa shape index (κ1) is 12.8. The van der Waals surface area contributed by atoms with Crippen LogP contribution in [0.1, 0.15) is 11.3 Å². The standard InChI is InChI=1S/C15H15N3O/c1-11-14(6-3-9-17-11)18-15(19)8-7-12-4-2-5-13(16)10-12/h2-10H,16H2,1H3,(H,18,19)/b8-7+. The second kappa shape index (κ2) is 5.82. The predicted molar refractivity (Wildman–Crippen MR) is 77.5 cm³/mol. The van der Waals surface area contributed by atoms with Crippen molar-refractivity contribution in [1.82, 2.24) is 4.98 Å². The monoisotopic (exact) mass is 253 g/mol. The van der Waals surface area contributed by atoms with E-state index in [0.29, 0.717) is 11.4 Å². The second-order valence-corrected chi connectivity index (χ2v) is 4.13. The molecule has 0 atom stereocenters. The van der Waals surface area contributed by atoms with Crippen molar-refractivity contribution < 1.29 is 4.79 Å². The molecule has 0 aliphatic rings. The molecule has 0 fully saturated rings. The fourth-order valence-corrected chi connectivity index (χ4v) is 1.63. The van der Waals surface area contributed by atoms with Gasteiger partial charge in [0.25, 0.3) is 0 Å². The van der Waals surface area contributed by atoms with Crippen LogP contribution in [0, 0.1) is 6.92 Å². The number of nitrogens with two attached hydrogens (primary N) is 1. The zero-order chi connectivity index (χ0) is 13.7. The van der Waals surface area contributed by atoms with Crippen molar-refractivity contribution in [2.45, 2.75) is 6.92 Å². The topological polar surface area (TPSA) is 68.0 Å². The third-order valence-electron chi connectivity index (χ3n) is 2.60. The molecule has 2 aromatic rings. The first-order valence-corrected chi connectivity index (χ1v) is 5.91. The number of anilines is 2. The van der Waals surface area contributed by atoms with Crippen molar-refractivity contribution in [3.05, 3.63) is 59.9 Å². The minimum Gasteiger partial charge on any atom is -0.399 e. The van der Waals surface area contributed by atoms with E-state index in [0.717, 1.165) is 11.3 Å². The highest BCUT2D eigenvalue weighted by Crippen LogP contribution is 2.11. The predicted octanol–water partition coefficient (Wildman–Crippen LogP) is 2.62. The van der Waals surface area contributed by atoms with Gasteiger partial charge in [0, 0.05) is 18.0 Å². The highest BCUT2D eigenvalue weighted by atomic mass is 16.1. The van der Waals surface area contributed by atoms with Crippen molar-refractivity contribution in [2.24, 2.45) is 0 Å². The van der Waals surface area contributed by atoms with E-state index in [4.69, 9.17) is 5.73 Å². The number of nitrogens with zero attached hydrogens (tertiary/aromatic N) is 1. The summed E-state index contributed by atoms with van der Waals surface area (Å²) in [6.45, 7) is 1.84. The summed E-state index contributed by atoms with van der Waals surface area (Å²) in [4.78, 5) is 15.9. The zero-order valence-corrected chi connectivity index (χ0v) is 10.6. The number of amides is 1. The lowest BCUT2D eigenvalue weighted by Gasteiger charge is -2.04. The number of rotatable bonds is 3. The normalized spacial score (nSPS) is 10.6. The van der Waals surface area contributed by atoms with Gasteiger partial charge in [0.15, 0.2) is 0 Å². The number of aryl methyl sites for hydroxylation is 1. The van der Waals surface area contributed by atoms with Crippen LogP contribution < -0.4 is 11.1 Å². The highest BCUT2D eigenvalue weighted by molar-refractivity contribution is 6.02. The molecule has 0 bridgehead atoms. The highest BCUT2D eigenvalue weighted by Gasteiger charge is 2.01. The Labute approximate surface area is 112 Å². The molecule has 1 amide bonds. The Balaban J connectivity index is 2.04. The van der Waals surface area contributed by atoms with Crippen LogP contribution in [0.2, 0.25) is 0 Å². The lowest BCUT2D eigenvalue weighted by Crippen LogP contribution is -2.09. The number of hydrogen-bond donors (Lipinski definition) is 2. The lowest BCUT2D eigenvalue weighted by atomic mass is 10.2. The van der Waals surface area contributed by atoms with E-state index in [1.807, 2.05) is 25.1 Å². The number of carbonyl (C=O) groups excluding carboxylic acids is 1. The molecular weight excluding hydrogens is 238 g/mol. The van der Waals surface area contributed by atoms with Crippen LogP contribution in [0.15, 0.2) is 48.7 Å². The number of hydrogen-bond acceptors (Lipinski definition) is 3. The second-order valence-electron chi connectivity index (χ2n) is 4.13. The average Bonchev–Trinajstić information content (AvgIpc) is 2.39. The van der Waals surface area contributed by atoms with Gasteiger partial charge >= 0.3 is 0 Å². The Morgan fingerprint density at radius 3 is 2.89 bits per heavy atom. The van der Waals surface area contributed by atoms with Gasteiger partial charge in [-0.2, -0.15) is 0 Å². The first-order chi connectivity index (χ1) is 9.15. The van der Waals surface area contributed by atoms with Crippen LogP contribution in [0.3, 0.4) is 0 Å². The zero-order valence-electron chi connectivity index (χ0n) is 10.6.